The van der Waals surface area contributed by atoms with Crippen molar-refractivity contribution in [3.8, 4) is 0 Å². The van der Waals surface area contributed by atoms with Gasteiger partial charge < -0.3 is 9.97 Å². The molecule has 28 heavy (non-hydrogen) atoms. The Kier molecular flexibility index (Phi) is 4.81. The Morgan fingerprint density at radius 1 is 0.571 bits per heavy atom. The lowest BCUT2D eigenvalue weighted by atomic mass is 10.2. The summed E-state index contributed by atoms with van der Waals surface area (Å²) >= 11 is 3.46. The molecule has 3 aromatic carbocycles. The van der Waals surface area contributed by atoms with Gasteiger partial charge in [-0.3, -0.25) is 0 Å². The molecule has 0 radical (unpaired) electrons. The molecule has 0 aliphatic rings. The zero-order chi connectivity index (χ0) is 18.8. The van der Waals surface area contributed by atoms with Gasteiger partial charge in [0.15, 0.2) is 10.3 Å². The largest absolute Gasteiger partial charge is 0.333 e. The number of hydrogen-bond acceptors (Lipinski definition) is 4. The topological polar surface area (TPSA) is 57.4 Å². The first-order valence-corrected chi connectivity index (χ1v) is 11.0. The molecule has 2 N–H and O–H groups in total. The first-order chi connectivity index (χ1) is 13.8. The number of rotatable bonds is 6. The maximum Gasteiger partial charge on any atom is 0.166 e. The number of aromatic amines is 2. The predicted molar refractivity (Wildman–Crippen MR) is 118 cm³/mol. The minimum absolute atomic E-state index is 0.900. The number of para-hydroxylation sites is 4. The van der Waals surface area contributed by atoms with Crippen LogP contribution in [0.15, 0.2) is 83.1 Å². The van der Waals surface area contributed by atoms with Crippen molar-refractivity contribution in [2.45, 2.75) is 21.8 Å². The van der Waals surface area contributed by atoms with E-state index in [1.165, 1.54) is 11.1 Å². The van der Waals surface area contributed by atoms with Crippen LogP contribution < -0.4 is 0 Å². The van der Waals surface area contributed by atoms with E-state index in [2.05, 4.69) is 56.3 Å². The number of nitrogens with one attached hydrogen (secondary N) is 2. The van der Waals surface area contributed by atoms with Gasteiger partial charge in [0.1, 0.15) is 0 Å². The van der Waals surface area contributed by atoms with E-state index in [-0.39, 0.29) is 0 Å². The molecule has 0 saturated carbocycles. The molecule has 0 saturated heterocycles. The fraction of sp³-hybridized carbons (Fsp3) is 0.0909. The SMILES string of the molecule is c1ccc2[nH]c(SCc3ccc(CSc4nc5ccccc5[nH]4)cc3)nc2c1. The molecule has 0 spiro atoms. The molecule has 5 rings (SSSR count). The smallest absolute Gasteiger partial charge is 0.166 e. The van der Waals surface area contributed by atoms with Crippen molar-refractivity contribution in [1.29, 1.82) is 0 Å². The highest BCUT2D eigenvalue weighted by atomic mass is 32.2. The number of hydrogen-bond donors (Lipinski definition) is 2. The van der Waals surface area contributed by atoms with Gasteiger partial charge in [0.2, 0.25) is 0 Å². The number of benzene rings is 3. The Morgan fingerprint density at radius 3 is 1.43 bits per heavy atom. The number of nitrogens with zero attached hydrogens (tertiary/aromatic N) is 2. The molecule has 4 nitrogen and oxygen atoms in total. The lowest BCUT2D eigenvalue weighted by Crippen LogP contribution is -1.85. The average Bonchev–Trinajstić information content (AvgIpc) is 3.34. The van der Waals surface area contributed by atoms with Crippen LogP contribution in [0, 0.1) is 0 Å². The molecule has 0 bridgehead atoms. The van der Waals surface area contributed by atoms with E-state index in [0.29, 0.717) is 0 Å². The van der Waals surface area contributed by atoms with E-state index in [1.807, 2.05) is 36.4 Å². The van der Waals surface area contributed by atoms with E-state index >= 15 is 0 Å². The Labute approximate surface area is 171 Å². The molecule has 138 valence electrons. The van der Waals surface area contributed by atoms with Crippen LogP contribution in [0.5, 0.6) is 0 Å². The first kappa shape index (κ1) is 17.4. The van der Waals surface area contributed by atoms with E-state index in [9.17, 15) is 0 Å². The third kappa shape index (κ3) is 3.79. The minimum atomic E-state index is 0.900. The average molecular weight is 403 g/mol. The van der Waals surface area contributed by atoms with Crippen LogP contribution in [0.1, 0.15) is 11.1 Å². The first-order valence-electron chi connectivity index (χ1n) is 9.06. The zero-order valence-corrected chi connectivity index (χ0v) is 16.7. The second-order valence-corrected chi connectivity index (χ2v) is 8.44. The quantitative estimate of drug-likeness (QED) is 0.341. The normalized spacial score (nSPS) is 11.4. The molecule has 2 aromatic heterocycles. The summed E-state index contributed by atoms with van der Waals surface area (Å²) in [6.07, 6.45) is 0. The maximum absolute atomic E-state index is 4.62. The summed E-state index contributed by atoms with van der Waals surface area (Å²) in [6, 6.07) is 25.0. The molecule has 5 aromatic rings. The summed E-state index contributed by atoms with van der Waals surface area (Å²) in [6.45, 7) is 0. The summed E-state index contributed by atoms with van der Waals surface area (Å²) < 4.78 is 0. The van der Waals surface area contributed by atoms with E-state index < -0.39 is 0 Å². The van der Waals surface area contributed by atoms with E-state index in [4.69, 9.17) is 0 Å². The van der Waals surface area contributed by atoms with Crippen molar-refractivity contribution < 1.29 is 0 Å². The van der Waals surface area contributed by atoms with Crippen LogP contribution >= 0.6 is 23.5 Å². The number of imidazole rings is 2. The van der Waals surface area contributed by atoms with Gasteiger partial charge in [0, 0.05) is 11.5 Å². The molecule has 0 amide bonds. The lowest BCUT2D eigenvalue weighted by molar-refractivity contribution is 1.08. The molecule has 6 heteroatoms. The molecule has 0 aliphatic heterocycles. The maximum atomic E-state index is 4.62. The molecular weight excluding hydrogens is 384 g/mol. The van der Waals surface area contributed by atoms with Gasteiger partial charge in [0.25, 0.3) is 0 Å². The highest BCUT2D eigenvalue weighted by Gasteiger charge is 2.05. The van der Waals surface area contributed by atoms with Crippen molar-refractivity contribution in [1.82, 2.24) is 19.9 Å². The van der Waals surface area contributed by atoms with Gasteiger partial charge in [-0.05, 0) is 35.4 Å². The fourth-order valence-corrected chi connectivity index (χ4v) is 4.71. The zero-order valence-electron chi connectivity index (χ0n) is 15.1. The van der Waals surface area contributed by atoms with Gasteiger partial charge in [-0.15, -0.1) is 0 Å². The van der Waals surface area contributed by atoms with Crippen LogP contribution in [-0.2, 0) is 11.5 Å². The monoisotopic (exact) mass is 402 g/mol. The number of aromatic nitrogens is 4. The Balaban J connectivity index is 1.19. The van der Waals surface area contributed by atoms with E-state index in [0.717, 1.165) is 43.9 Å². The van der Waals surface area contributed by atoms with Crippen LogP contribution in [0.4, 0.5) is 0 Å². The predicted octanol–water partition coefficient (Wildman–Crippen LogP) is 6.02. The third-order valence-corrected chi connectivity index (χ3v) is 6.40. The van der Waals surface area contributed by atoms with Crippen molar-refractivity contribution in [3.63, 3.8) is 0 Å². The summed E-state index contributed by atoms with van der Waals surface area (Å²) in [5.41, 5.74) is 6.79. The van der Waals surface area contributed by atoms with Gasteiger partial charge in [-0.25, -0.2) is 9.97 Å². The highest BCUT2D eigenvalue weighted by molar-refractivity contribution is 7.98. The lowest BCUT2D eigenvalue weighted by Gasteiger charge is -2.03. The molecular formula is C22H18N4S2. The Morgan fingerprint density at radius 2 is 1.00 bits per heavy atom. The number of H-pyrrole nitrogens is 2. The van der Waals surface area contributed by atoms with Crippen molar-refractivity contribution in [3.05, 3.63) is 83.9 Å². The molecule has 2 heterocycles. The van der Waals surface area contributed by atoms with Crippen LogP contribution in [0.3, 0.4) is 0 Å². The minimum Gasteiger partial charge on any atom is -0.333 e. The summed E-state index contributed by atoms with van der Waals surface area (Å²) in [7, 11) is 0. The number of fused-ring (bicyclic) bond motifs is 2. The number of thioether (sulfide) groups is 2. The second kappa shape index (κ2) is 7.73. The van der Waals surface area contributed by atoms with Crippen molar-refractivity contribution >= 4 is 45.6 Å². The standard InChI is InChI=1S/C22H18N4S2/c1-2-6-18-17(5-1)23-21(24-18)27-13-15-9-11-16(12-10-15)14-28-22-25-19-7-3-4-8-20(19)26-22/h1-12H,13-14H2,(H,23,24)(H,25,26). The molecule has 0 fully saturated rings. The Hall–Kier alpha value is -2.70. The molecule has 0 atom stereocenters. The van der Waals surface area contributed by atoms with Gasteiger partial charge in [-0.1, -0.05) is 72.1 Å². The van der Waals surface area contributed by atoms with Gasteiger partial charge in [0.05, 0.1) is 22.1 Å². The van der Waals surface area contributed by atoms with Crippen molar-refractivity contribution in [2.75, 3.05) is 0 Å². The van der Waals surface area contributed by atoms with Gasteiger partial charge in [-0.2, -0.15) is 0 Å². The van der Waals surface area contributed by atoms with Crippen LogP contribution in [-0.4, -0.2) is 19.9 Å². The molecule has 0 unspecified atom stereocenters. The Bertz CT molecular complexity index is 1060. The summed E-state index contributed by atoms with van der Waals surface area (Å²) in [5, 5.41) is 1.93. The van der Waals surface area contributed by atoms with Crippen LogP contribution in [0.25, 0.3) is 22.1 Å². The van der Waals surface area contributed by atoms with E-state index in [1.54, 1.807) is 23.5 Å². The summed E-state index contributed by atoms with van der Waals surface area (Å²) in [4.78, 5) is 16.0. The molecule has 0 aliphatic carbocycles. The fourth-order valence-electron chi connectivity index (χ4n) is 3.03. The summed E-state index contributed by atoms with van der Waals surface area (Å²) in [5.74, 6) is 1.80. The second-order valence-electron chi connectivity index (χ2n) is 6.51. The van der Waals surface area contributed by atoms with Gasteiger partial charge >= 0.3 is 0 Å². The third-order valence-electron chi connectivity index (χ3n) is 4.51. The van der Waals surface area contributed by atoms with Crippen LogP contribution in [0.2, 0.25) is 0 Å². The highest BCUT2D eigenvalue weighted by Crippen LogP contribution is 2.25. The van der Waals surface area contributed by atoms with Crippen molar-refractivity contribution in [2.24, 2.45) is 0 Å².